The van der Waals surface area contributed by atoms with Crippen molar-refractivity contribution in [3.05, 3.63) is 34.6 Å². The maximum atomic E-state index is 12.8. The van der Waals surface area contributed by atoms with Crippen LogP contribution in [0.15, 0.2) is 28.7 Å². The number of carbonyl (C=O) groups is 1. The summed E-state index contributed by atoms with van der Waals surface area (Å²) in [5.74, 6) is 0.219. The largest absolute Gasteiger partial charge is 0.333 e. The zero-order chi connectivity index (χ0) is 16.7. The highest BCUT2D eigenvalue weighted by molar-refractivity contribution is 9.10. The summed E-state index contributed by atoms with van der Waals surface area (Å²) in [6.07, 6.45) is 3.25. The molecule has 1 fully saturated rings. The molecule has 0 radical (unpaired) electrons. The highest BCUT2D eigenvalue weighted by atomic mass is 79.9. The topological polar surface area (TPSA) is 63.4 Å². The van der Waals surface area contributed by atoms with Gasteiger partial charge >= 0.3 is 0 Å². The number of benzene rings is 1. The Bertz CT molecular complexity index is 905. The van der Waals surface area contributed by atoms with Crippen molar-refractivity contribution in [3.63, 3.8) is 0 Å². The molecule has 6 nitrogen and oxygen atoms in total. The molecule has 0 unspecified atom stereocenters. The predicted octanol–water partition coefficient (Wildman–Crippen LogP) is 3.63. The minimum absolute atomic E-state index is 0.0826. The molecule has 0 N–H and O–H groups in total. The molecule has 4 rings (SSSR count). The second-order valence-electron chi connectivity index (χ2n) is 5.98. The van der Waals surface area contributed by atoms with Crippen molar-refractivity contribution >= 4 is 38.1 Å². The van der Waals surface area contributed by atoms with Gasteiger partial charge in [-0.3, -0.25) is 4.79 Å². The molecule has 2 aromatic heterocycles. The molecular formula is C16H16BrN5OS. The highest BCUT2D eigenvalue weighted by Crippen LogP contribution is 2.28. The third kappa shape index (κ3) is 2.73. The van der Waals surface area contributed by atoms with E-state index in [1.54, 1.807) is 4.52 Å². The lowest BCUT2D eigenvalue weighted by atomic mass is 10.0. The van der Waals surface area contributed by atoms with Crippen molar-refractivity contribution in [2.24, 2.45) is 0 Å². The molecule has 0 bridgehead atoms. The van der Waals surface area contributed by atoms with Crippen molar-refractivity contribution in [1.82, 2.24) is 24.7 Å². The van der Waals surface area contributed by atoms with E-state index in [4.69, 9.17) is 0 Å². The van der Waals surface area contributed by atoms with Gasteiger partial charge in [-0.2, -0.15) is 9.61 Å². The lowest BCUT2D eigenvalue weighted by molar-refractivity contribution is 0.0620. The van der Waals surface area contributed by atoms with Crippen LogP contribution in [0.25, 0.3) is 15.5 Å². The number of amides is 1. The molecule has 1 aliphatic heterocycles. The Hall–Kier alpha value is -1.80. The molecule has 1 aromatic carbocycles. The second-order valence-corrected chi connectivity index (χ2v) is 7.85. The predicted molar refractivity (Wildman–Crippen MR) is 96.1 cm³/mol. The van der Waals surface area contributed by atoms with Crippen LogP contribution in [0.3, 0.4) is 0 Å². The van der Waals surface area contributed by atoms with Gasteiger partial charge in [-0.05, 0) is 38.3 Å². The van der Waals surface area contributed by atoms with Crippen LogP contribution in [-0.4, -0.2) is 43.2 Å². The summed E-state index contributed by atoms with van der Waals surface area (Å²) in [5, 5.41) is 13.6. The second kappa shape index (κ2) is 6.25. The fourth-order valence-electron chi connectivity index (χ4n) is 3.02. The van der Waals surface area contributed by atoms with Gasteiger partial charge in [-0.15, -0.1) is 10.2 Å². The maximum Gasteiger partial charge on any atom is 0.293 e. The van der Waals surface area contributed by atoms with E-state index >= 15 is 0 Å². The number of carbonyl (C=O) groups excluding carboxylic acids is 1. The third-order valence-electron chi connectivity index (χ3n) is 4.32. The van der Waals surface area contributed by atoms with Crippen molar-refractivity contribution in [2.75, 3.05) is 6.54 Å². The van der Waals surface area contributed by atoms with Gasteiger partial charge in [0.15, 0.2) is 0 Å². The van der Waals surface area contributed by atoms with Gasteiger partial charge in [0.2, 0.25) is 10.8 Å². The Morgan fingerprint density at radius 1 is 1.33 bits per heavy atom. The molecule has 3 aromatic rings. The zero-order valence-electron chi connectivity index (χ0n) is 13.1. The van der Waals surface area contributed by atoms with Crippen LogP contribution in [0.1, 0.15) is 36.8 Å². The summed E-state index contributed by atoms with van der Waals surface area (Å²) < 4.78 is 2.56. The van der Waals surface area contributed by atoms with E-state index in [-0.39, 0.29) is 11.9 Å². The summed E-state index contributed by atoms with van der Waals surface area (Å²) in [6.45, 7) is 2.86. The summed E-state index contributed by atoms with van der Waals surface area (Å²) in [4.78, 5) is 15.4. The summed E-state index contributed by atoms with van der Waals surface area (Å²) in [5.41, 5.74) is 0.990. The number of piperidine rings is 1. The van der Waals surface area contributed by atoms with Crippen LogP contribution in [-0.2, 0) is 0 Å². The molecule has 0 aliphatic carbocycles. The van der Waals surface area contributed by atoms with Gasteiger partial charge in [0.05, 0.1) is 0 Å². The van der Waals surface area contributed by atoms with E-state index in [0.29, 0.717) is 10.8 Å². The normalized spacial score (nSPS) is 18.2. The molecule has 3 heterocycles. The molecule has 124 valence electrons. The zero-order valence-corrected chi connectivity index (χ0v) is 15.5. The number of nitrogens with zero attached hydrogens (tertiary/aromatic N) is 5. The van der Waals surface area contributed by atoms with Crippen LogP contribution in [0.4, 0.5) is 0 Å². The van der Waals surface area contributed by atoms with Crippen LogP contribution < -0.4 is 0 Å². The number of hydrogen-bond donors (Lipinski definition) is 0. The standard InChI is InChI=1S/C16H16BrN5OS/c1-10-5-2-3-8-21(10)15(23)13-18-19-16-22(13)20-14(24-16)11-6-4-7-12(17)9-11/h4,6-7,9-10H,2-3,5,8H2,1H3/t10-/m0/s1. The van der Waals surface area contributed by atoms with E-state index < -0.39 is 0 Å². The van der Waals surface area contributed by atoms with Crippen LogP contribution in [0, 0.1) is 0 Å². The van der Waals surface area contributed by atoms with Gasteiger partial charge in [0.1, 0.15) is 5.01 Å². The van der Waals surface area contributed by atoms with Crippen molar-refractivity contribution in [3.8, 4) is 10.6 Å². The highest BCUT2D eigenvalue weighted by Gasteiger charge is 2.28. The minimum Gasteiger partial charge on any atom is -0.333 e. The molecule has 1 saturated heterocycles. The SMILES string of the molecule is C[C@H]1CCCCN1C(=O)c1nnc2sc(-c3cccc(Br)c3)nn12. The van der Waals surface area contributed by atoms with E-state index in [2.05, 4.69) is 38.1 Å². The lowest BCUT2D eigenvalue weighted by Gasteiger charge is -2.32. The Kier molecular flexibility index (Phi) is 4.09. The van der Waals surface area contributed by atoms with Gasteiger partial charge in [0.25, 0.3) is 5.91 Å². The van der Waals surface area contributed by atoms with Crippen LogP contribution >= 0.6 is 27.3 Å². The first-order chi connectivity index (χ1) is 11.6. The Morgan fingerprint density at radius 2 is 2.21 bits per heavy atom. The van der Waals surface area contributed by atoms with E-state index in [1.807, 2.05) is 29.2 Å². The van der Waals surface area contributed by atoms with Crippen LogP contribution in [0.2, 0.25) is 0 Å². The van der Waals surface area contributed by atoms with Crippen molar-refractivity contribution in [2.45, 2.75) is 32.2 Å². The van der Waals surface area contributed by atoms with Gasteiger partial charge in [-0.1, -0.05) is 39.4 Å². The average molecular weight is 406 g/mol. The summed E-state index contributed by atoms with van der Waals surface area (Å²) in [7, 11) is 0. The molecule has 8 heteroatoms. The molecule has 0 spiro atoms. The number of fused-ring (bicyclic) bond motifs is 1. The number of rotatable bonds is 2. The number of halogens is 1. The first kappa shape index (κ1) is 15.7. The fourth-order valence-corrected chi connectivity index (χ4v) is 4.25. The minimum atomic E-state index is -0.0826. The Balaban J connectivity index is 1.71. The maximum absolute atomic E-state index is 12.8. The molecule has 1 atom stereocenters. The molecule has 24 heavy (non-hydrogen) atoms. The number of aromatic nitrogens is 4. The smallest absolute Gasteiger partial charge is 0.293 e. The monoisotopic (exact) mass is 405 g/mol. The van der Waals surface area contributed by atoms with Gasteiger partial charge in [0, 0.05) is 22.6 Å². The number of likely N-dealkylation sites (tertiary alicyclic amines) is 1. The van der Waals surface area contributed by atoms with E-state index in [0.717, 1.165) is 34.4 Å². The Labute approximate surface area is 151 Å². The van der Waals surface area contributed by atoms with Crippen molar-refractivity contribution in [1.29, 1.82) is 0 Å². The third-order valence-corrected chi connectivity index (χ3v) is 5.76. The average Bonchev–Trinajstić information content (AvgIpc) is 3.15. The molecule has 0 saturated carbocycles. The van der Waals surface area contributed by atoms with E-state index in [1.165, 1.54) is 17.8 Å². The lowest BCUT2D eigenvalue weighted by Crippen LogP contribution is -2.42. The first-order valence-corrected chi connectivity index (χ1v) is 9.53. The first-order valence-electron chi connectivity index (χ1n) is 7.92. The van der Waals surface area contributed by atoms with E-state index in [9.17, 15) is 4.79 Å². The fraction of sp³-hybridized carbons (Fsp3) is 0.375. The van der Waals surface area contributed by atoms with Gasteiger partial charge < -0.3 is 4.90 Å². The summed E-state index contributed by atoms with van der Waals surface area (Å²) in [6, 6.07) is 8.16. The molecular weight excluding hydrogens is 390 g/mol. The summed E-state index contributed by atoms with van der Waals surface area (Å²) >= 11 is 4.90. The van der Waals surface area contributed by atoms with Gasteiger partial charge in [-0.25, -0.2) is 0 Å². The Morgan fingerprint density at radius 3 is 3.00 bits per heavy atom. The van der Waals surface area contributed by atoms with Crippen molar-refractivity contribution < 1.29 is 4.79 Å². The number of hydrogen-bond acceptors (Lipinski definition) is 5. The molecule has 1 amide bonds. The quantitative estimate of drug-likeness (QED) is 0.652. The molecule has 1 aliphatic rings. The van der Waals surface area contributed by atoms with Crippen LogP contribution in [0.5, 0.6) is 0 Å².